The molecule has 0 saturated heterocycles. The largest absolute Gasteiger partial charge is 0.325 e. The van der Waals surface area contributed by atoms with Crippen molar-refractivity contribution in [3.8, 4) is 12.1 Å². The molecule has 4 N–H and O–H groups in total. The molecule has 1 aromatic carbocycles. The van der Waals surface area contributed by atoms with Crippen LogP contribution in [0.25, 0.3) is 0 Å². The fourth-order valence-electron chi connectivity index (χ4n) is 1.79. The number of anilines is 2. The van der Waals surface area contributed by atoms with Crippen LogP contribution in [0.5, 0.6) is 0 Å². The number of benzene rings is 1. The maximum atomic E-state index is 12.0. The fraction of sp³-hybridized carbons (Fsp3) is 0.0667. The topological polar surface area (TPSA) is 117 Å². The number of aromatic amines is 1. The second-order valence-electron chi connectivity index (χ2n) is 4.56. The highest BCUT2D eigenvalue weighted by atomic mass is 35.5. The van der Waals surface area contributed by atoms with Crippen LogP contribution in [0.2, 0.25) is 10.0 Å². The lowest BCUT2D eigenvalue weighted by Gasteiger charge is -2.06. The van der Waals surface area contributed by atoms with E-state index in [1.54, 1.807) is 18.2 Å². The molecule has 1 amide bonds. The number of nitrogens with two attached hydrogens (primary N) is 1. The maximum Gasteiger partial charge on any atom is 0.289 e. The van der Waals surface area contributed by atoms with E-state index in [2.05, 4.69) is 10.3 Å². The molecule has 24 heavy (non-hydrogen) atoms. The highest BCUT2D eigenvalue weighted by Gasteiger charge is 2.16. The number of hydrogen-bond donors (Lipinski definition) is 2. The minimum Gasteiger partial charge on any atom is -0.325 e. The zero-order chi connectivity index (χ0) is 17.7. The number of nitrogens with zero attached hydrogens (tertiary/aromatic N) is 2. The molecule has 9 heteroatoms. The van der Waals surface area contributed by atoms with Crippen molar-refractivity contribution in [1.82, 2.24) is 0 Å². The van der Waals surface area contributed by atoms with Crippen LogP contribution in [0, 0.1) is 22.7 Å². The zero-order valence-electron chi connectivity index (χ0n) is 12.1. The number of H-pyrrole nitrogens is 1. The predicted molar refractivity (Wildman–Crippen MR) is 92.7 cm³/mol. The number of carbonyl (C=O) groups is 1. The lowest BCUT2D eigenvalue weighted by Crippen LogP contribution is -2.19. The van der Waals surface area contributed by atoms with E-state index in [-0.39, 0.29) is 28.6 Å². The van der Waals surface area contributed by atoms with Crippen molar-refractivity contribution in [3.05, 3.63) is 45.4 Å². The molecule has 0 aliphatic rings. The number of nitriles is 2. The van der Waals surface area contributed by atoms with Gasteiger partial charge in [0.2, 0.25) is 5.91 Å². The van der Waals surface area contributed by atoms with Crippen LogP contribution in [0.15, 0.2) is 29.3 Å². The van der Waals surface area contributed by atoms with Gasteiger partial charge in [0.05, 0.1) is 5.75 Å². The molecule has 1 heterocycles. The summed E-state index contributed by atoms with van der Waals surface area (Å²) in [6.07, 6.45) is 0. The van der Waals surface area contributed by atoms with E-state index in [9.17, 15) is 4.79 Å². The number of halogens is 2. The molecule has 0 saturated carbocycles. The first-order valence-electron chi connectivity index (χ1n) is 6.47. The summed E-state index contributed by atoms with van der Waals surface area (Å²) in [6.45, 7) is 0. The predicted octanol–water partition coefficient (Wildman–Crippen LogP) is 2.86. The molecule has 0 unspecified atom stereocenters. The normalized spacial score (nSPS) is 9.83. The first-order valence-corrected chi connectivity index (χ1v) is 8.22. The number of thioether (sulfide) groups is 1. The van der Waals surface area contributed by atoms with Gasteiger partial charge in [-0.15, -0.1) is 0 Å². The Morgan fingerprint density at radius 3 is 2.38 bits per heavy atom. The first kappa shape index (κ1) is 17.9. The van der Waals surface area contributed by atoms with Gasteiger partial charge < -0.3 is 5.32 Å². The SMILES string of the molecule is N#Cc1cc(C#N)c(SCC(=O)Nc2cc(Cl)cc(Cl)c2)[nH+]c1N. The van der Waals surface area contributed by atoms with Crippen molar-refractivity contribution in [1.29, 1.82) is 10.5 Å². The number of nitrogen functional groups attached to an aromatic ring is 1. The zero-order valence-corrected chi connectivity index (χ0v) is 14.4. The number of aromatic nitrogens is 1. The van der Waals surface area contributed by atoms with Gasteiger partial charge in [-0.1, -0.05) is 35.0 Å². The monoisotopic (exact) mass is 378 g/mol. The number of nitrogens with one attached hydrogen (secondary N) is 2. The van der Waals surface area contributed by atoms with Crippen LogP contribution in [0.4, 0.5) is 11.5 Å². The average Bonchev–Trinajstić information content (AvgIpc) is 2.52. The smallest absolute Gasteiger partial charge is 0.289 e. The van der Waals surface area contributed by atoms with Gasteiger partial charge in [-0.05, 0) is 24.3 Å². The molecule has 120 valence electrons. The molecule has 1 aromatic heterocycles. The van der Waals surface area contributed by atoms with E-state index in [0.717, 1.165) is 11.8 Å². The van der Waals surface area contributed by atoms with Gasteiger partial charge in [-0.2, -0.15) is 10.5 Å². The third-order valence-electron chi connectivity index (χ3n) is 2.81. The van der Waals surface area contributed by atoms with Crippen LogP contribution < -0.4 is 16.0 Å². The quantitative estimate of drug-likeness (QED) is 0.793. The second-order valence-corrected chi connectivity index (χ2v) is 6.42. The highest BCUT2D eigenvalue weighted by Crippen LogP contribution is 2.24. The summed E-state index contributed by atoms with van der Waals surface area (Å²) in [5, 5.41) is 21.9. The van der Waals surface area contributed by atoms with Crippen molar-refractivity contribution < 1.29 is 9.78 Å². The van der Waals surface area contributed by atoms with Gasteiger partial charge in [0, 0.05) is 15.7 Å². The number of carbonyl (C=O) groups excluding carboxylic acids is 1. The molecular formula is C15H10Cl2N5OS+. The van der Waals surface area contributed by atoms with Gasteiger partial charge >= 0.3 is 0 Å². The first-order chi connectivity index (χ1) is 11.4. The van der Waals surface area contributed by atoms with Gasteiger partial charge in [0.25, 0.3) is 5.82 Å². The minimum absolute atomic E-state index is 0.0284. The van der Waals surface area contributed by atoms with Gasteiger partial charge in [-0.25, -0.2) is 4.98 Å². The third kappa shape index (κ3) is 4.53. The molecule has 0 fully saturated rings. The molecule has 6 nitrogen and oxygen atoms in total. The van der Waals surface area contributed by atoms with E-state index in [4.69, 9.17) is 39.5 Å². The third-order valence-corrected chi connectivity index (χ3v) is 4.26. The van der Waals surface area contributed by atoms with Gasteiger partial charge in [-0.3, -0.25) is 10.5 Å². The summed E-state index contributed by atoms with van der Waals surface area (Å²) in [6, 6.07) is 9.92. The summed E-state index contributed by atoms with van der Waals surface area (Å²) in [5.41, 5.74) is 6.58. The molecule has 0 radical (unpaired) electrons. The van der Waals surface area contributed by atoms with Crippen LogP contribution in [0.1, 0.15) is 11.1 Å². The molecule has 2 aromatic rings. The summed E-state index contributed by atoms with van der Waals surface area (Å²) < 4.78 is 0. The Kier molecular flexibility index (Phi) is 5.88. The summed E-state index contributed by atoms with van der Waals surface area (Å²) in [7, 11) is 0. The van der Waals surface area contributed by atoms with Crippen molar-refractivity contribution >= 4 is 52.4 Å². The van der Waals surface area contributed by atoms with Crippen molar-refractivity contribution in [2.45, 2.75) is 5.03 Å². The van der Waals surface area contributed by atoms with Crippen LogP contribution in [-0.2, 0) is 4.79 Å². The van der Waals surface area contributed by atoms with Crippen molar-refractivity contribution in [2.24, 2.45) is 0 Å². The van der Waals surface area contributed by atoms with Crippen molar-refractivity contribution in [3.63, 3.8) is 0 Å². The standard InChI is InChI=1S/C15H9Cl2N5OS/c16-10-2-11(17)4-12(3-10)21-13(23)7-24-15-9(6-19)1-8(5-18)14(20)22-15/h1-4H,7H2,(H2,20,22)(H,21,23)/p+1. The summed E-state index contributed by atoms with van der Waals surface area (Å²) in [4.78, 5) is 14.8. The summed E-state index contributed by atoms with van der Waals surface area (Å²) >= 11 is 12.8. The van der Waals surface area contributed by atoms with Crippen LogP contribution >= 0.6 is 35.0 Å². The van der Waals surface area contributed by atoms with Crippen molar-refractivity contribution in [2.75, 3.05) is 16.8 Å². The second kappa shape index (κ2) is 7.89. The minimum atomic E-state index is -0.307. The number of amides is 1. The van der Waals surface area contributed by atoms with Gasteiger partial charge in [0.15, 0.2) is 5.03 Å². The van der Waals surface area contributed by atoms with Crippen LogP contribution in [-0.4, -0.2) is 11.7 Å². The molecule has 0 aliphatic heterocycles. The molecule has 0 spiro atoms. The van der Waals surface area contributed by atoms with Crippen LogP contribution in [0.3, 0.4) is 0 Å². The Bertz CT molecular complexity index is 868. The maximum absolute atomic E-state index is 12.0. The number of rotatable bonds is 4. The fourth-order valence-corrected chi connectivity index (χ4v) is 3.11. The Balaban J connectivity index is 2.08. The summed E-state index contributed by atoms with van der Waals surface area (Å²) in [5.74, 6) is -0.139. The Morgan fingerprint density at radius 2 is 1.79 bits per heavy atom. The average molecular weight is 379 g/mol. The highest BCUT2D eigenvalue weighted by molar-refractivity contribution is 7.99. The molecule has 0 aliphatic carbocycles. The number of hydrogen-bond acceptors (Lipinski definition) is 5. The lowest BCUT2D eigenvalue weighted by atomic mass is 10.2. The molecule has 2 rings (SSSR count). The molecular weight excluding hydrogens is 369 g/mol. The van der Waals surface area contributed by atoms with E-state index in [0.29, 0.717) is 20.8 Å². The Labute approximate surface area is 152 Å². The van der Waals surface area contributed by atoms with Gasteiger partial charge in [0.1, 0.15) is 23.3 Å². The van der Waals surface area contributed by atoms with E-state index >= 15 is 0 Å². The Hall–Kier alpha value is -2.45. The molecule has 0 atom stereocenters. The molecule has 0 bridgehead atoms. The lowest BCUT2D eigenvalue weighted by molar-refractivity contribution is -0.410. The van der Waals surface area contributed by atoms with E-state index in [1.165, 1.54) is 6.07 Å². The van der Waals surface area contributed by atoms with E-state index in [1.807, 2.05) is 12.1 Å². The number of pyridine rings is 1. The Morgan fingerprint density at radius 1 is 1.17 bits per heavy atom. The van der Waals surface area contributed by atoms with E-state index < -0.39 is 0 Å².